The molecule has 2 atom stereocenters. The minimum Gasteiger partial charge on any atom is -0.414 e. The van der Waals surface area contributed by atoms with Crippen molar-refractivity contribution in [3.63, 3.8) is 0 Å². The summed E-state index contributed by atoms with van der Waals surface area (Å²) in [6.07, 6.45) is 2.16. The number of rotatable bonds is 7. The fraction of sp³-hybridized carbons (Fsp3) is 0.636. The third-order valence-electron chi connectivity index (χ3n) is 6.18. The second-order valence-electron chi connectivity index (χ2n) is 9.39. The predicted octanol–water partition coefficient (Wildman–Crippen LogP) is 4.22. The summed E-state index contributed by atoms with van der Waals surface area (Å²) in [5.74, 6) is -0.535. The fourth-order valence-corrected chi connectivity index (χ4v) is 4.33. The standard InChI is InChI=1S/C22H33NO5Si/c1-22(2,3)29(4,5)27-15-16(28-19-12-8-9-13-26-19)14-23-20(24)17-10-6-7-11-18(17)21(23)25/h6-7,10-11,16,19H,8-9,12-15H2,1-5H3. The second kappa shape index (κ2) is 8.68. The zero-order valence-corrected chi connectivity index (χ0v) is 19.2. The number of hydrogen-bond donors (Lipinski definition) is 0. The first kappa shape index (κ1) is 22.1. The van der Waals surface area contributed by atoms with Crippen molar-refractivity contribution in [3.05, 3.63) is 35.4 Å². The molecule has 2 aliphatic heterocycles. The summed E-state index contributed by atoms with van der Waals surface area (Å²) in [4.78, 5) is 26.8. The highest BCUT2D eigenvalue weighted by atomic mass is 28.4. The summed E-state index contributed by atoms with van der Waals surface area (Å²) in [5.41, 5.74) is 0.908. The molecule has 160 valence electrons. The van der Waals surface area contributed by atoms with Crippen LogP contribution in [0, 0.1) is 0 Å². The van der Waals surface area contributed by atoms with Crippen molar-refractivity contribution in [3.8, 4) is 0 Å². The van der Waals surface area contributed by atoms with Crippen LogP contribution in [-0.2, 0) is 13.9 Å². The number of hydrogen-bond acceptors (Lipinski definition) is 5. The molecule has 0 saturated carbocycles. The van der Waals surface area contributed by atoms with E-state index < -0.39 is 14.4 Å². The first-order valence-electron chi connectivity index (χ1n) is 10.5. The number of fused-ring (bicyclic) bond motifs is 1. The Morgan fingerprint density at radius 1 is 1.14 bits per heavy atom. The molecule has 1 aromatic carbocycles. The van der Waals surface area contributed by atoms with Gasteiger partial charge in [-0.2, -0.15) is 0 Å². The van der Waals surface area contributed by atoms with Crippen molar-refractivity contribution in [1.29, 1.82) is 0 Å². The average molecular weight is 420 g/mol. The highest BCUT2D eigenvalue weighted by Gasteiger charge is 2.40. The molecular formula is C22H33NO5Si. The first-order valence-corrected chi connectivity index (χ1v) is 13.4. The molecule has 29 heavy (non-hydrogen) atoms. The number of nitrogens with zero attached hydrogens (tertiary/aromatic N) is 1. The third kappa shape index (κ3) is 4.96. The molecule has 1 fully saturated rings. The van der Waals surface area contributed by atoms with Crippen molar-refractivity contribution < 1.29 is 23.5 Å². The van der Waals surface area contributed by atoms with Crippen LogP contribution in [0.25, 0.3) is 0 Å². The van der Waals surface area contributed by atoms with Gasteiger partial charge in [0, 0.05) is 6.61 Å². The van der Waals surface area contributed by atoms with Crippen molar-refractivity contribution in [2.75, 3.05) is 19.8 Å². The zero-order chi connectivity index (χ0) is 21.2. The molecule has 2 aliphatic rings. The molecular weight excluding hydrogens is 386 g/mol. The summed E-state index contributed by atoms with van der Waals surface area (Å²) < 4.78 is 18.3. The average Bonchev–Trinajstić information content (AvgIpc) is 2.91. The Bertz CT molecular complexity index is 717. The van der Waals surface area contributed by atoms with E-state index in [1.165, 1.54) is 4.90 Å². The maximum Gasteiger partial charge on any atom is 0.261 e. The monoisotopic (exact) mass is 419 g/mol. The number of amides is 2. The Kier molecular flexibility index (Phi) is 6.63. The maximum absolute atomic E-state index is 12.8. The lowest BCUT2D eigenvalue weighted by molar-refractivity contribution is -0.194. The number of carbonyl (C=O) groups excluding carboxylic acids is 2. The van der Waals surface area contributed by atoms with Gasteiger partial charge in [-0.3, -0.25) is 14.5 Å². The summed E-state index contributed by atoms with van der Waals surface area (Å²) in [6, 6.07) is 6.94. The number of benzene rings is 1. The van der Waals surface area contributed by atoms with Gasteiger partial charge in [0.1, 0.15) is 6.10 Å². The van der Waals surface area contributed by atoms with E-state index in [1.807, 2.05) is 0 Å². The molecule has 1 aromatic rings. The largest absolute Gasteiger partial charge is 0.414 e. The topological polar surface area (TPSA) is 65.1 Å². The molecule has 2 unspecified atom stereocenters. The van der Waals surface area contributed by atoms with Gasteiger partial charge in [0.25, 0.3) is 11.8 Å². The van der Waals surface area contributed by atoms with E-state index in [9.17, 15) is 9.59 Å². The summed E-state index contributed by atoms with van der Waals surface area (Å²) in [6.45, 7) is 12.1. The normalized spacial score (nSPS) is 21.4. The van der Waals surface area contributed by atoms with E-state index in [2.05, 4.69) is 33.9 Å². The Balaban J connectivity index is 1.73. The van der Waals surface area contributed by atoms with Gasteiger partial charge in [-0.05, 0) is 49.5 Å². The first-order chi connectivity index (χ1) is 13.6. The molecule has 0 aliphatic carbocycles. The molecule has 0 aromatic heterocycles. The van der Waals surface area contributed by atoms with E-state index in [1.54, 1.807) is 24.3 Å². The van der Waals surface area contributed by atoms with Gasteiger partial charge >= 0.3 is 0 Å². The molecule has 7 heteroatoms. The molecule has 1 saturated heterocycles. The van der Waals surface area contributed by atoms with Crippen molar-refractivity contribution in [2.24, 2.45) is 0 Å². The fourth-order valence-electron chi connectivity index (χ4n) is 3.29. The Hall–Kier alpha value is -1.54. The second-order valence-corrected chi connectivity index (χ2v) is 14.2. The van der Waals surface area contributed by atoms with Crippen LogP contribution in [0.4, 0.5) is 0 Å². The van der Waals surface area contributed by atoms with Crippen LogP contribution >= 0.6 is 0 Å². The maximum atomic E-state index is 12.8. The lowest BCUT2D eigenvalue weighted by Crippen LogP contribution is -2.47. The van der Waals surface area contributed by atoms with Gasteiger partial charge in [-0.1, -0.05) is 32.9 Å². The molecule has 0 N–H and O–H groups in total. The van der Waals surface area contributed by atoms with Crippen LogP contribution in [0.3, 0.4) is 0 Å². The van der Waals surface area contributed by atoms with Crippen molar-refractivity contribution >= 4 is 20.1 Å². The van der Waals surface area contributed by atoms with E-state index >= 15 is 0 Å². The van der Waals surface area contributed by atoms with Gasteiger partial charge < -0.3 is 13.9 Å². The summed E-state index contributed by atoms with van der Waals surface area (Å²) in [5, 5.41) is 0.0639. The van der Waals surface area contributed by atoms with E-state index in [-0.39, 0.29) is 29.7 Å². The van der Waals surface area contributed by atoms with Crippen LogP contribution in [0.15, 0.2) is 24.3 Å². The number of carbonyl (C=O) groups is 2. The lowest BCUT2D eigenvalue weighted by atomic mass is 10.1. The van der Waals surface area contributed by atoms with Gasteiger partial charge in [0.05, 0.1) is 24.3 Å². The van der Waals surface area contributed by atoms with Gasteiger partial charge in [0.15, 0.2) is 14.6 Å². The zero-order valence-electron chi connectivity index (χ0n) is 18.2. The molecule has 3 rings (SSSR count). The molecule has 0 radical (unpaired) electrons. The summed E-state index contributed by atoms with van der Waals surface area (Å²) in [7, 11) is -2.00. The predicted molar refractivity (Wildman–Crippen MR) is 113 cm³/mol. The van der Waals surface area contributed by atoms with Crippen LogP contribution in [0.5, 0.6) is 0 Å². The quantitative estimate of drug-likeness (QED) is 0.489. The SMILES string of the molecule is CC(C)(C)[Si](C)(C)OCC(CN1C(=O)c2ccccc2C1=O)OC1CCCCO1. The van der Waals surface area contributed by atoms with E-state index in [0.29, 0.717) is 24.3 Å². The van der Waals surface area contributed by atoms with Gasteiger partial charge in [-0.25, -0.2) is 0 Å². The van der Waals surface area contributed by atoms with Gasteiger partial charge in [-0.15, -0.1) is 0 Å². The van der Waals surface area contributed by atoms with Crippen molar-refractivity contribution in [1.82, 2.24) is 4.90 Å². The van der Waals surface area contributed by atoms with Crippen LogP contribution in [-0.4, -0.2) is 57.2 Å². The van der Waals surface area contributed by atoms with Gasteiger partial charge in [0.2, 0.25) is 0 Å². The molecule has 2 heterocycles. The number of ether oxygens (including phenoxy) is 2. The minimum atomic E-state index is -2.00. The van der Waals surface area contributed by atoms with E-state index in [0.717, 1.165) is 19.3 Å². The lowest BCUT2D eigenvalue weighted by Gasteiger charge is -2.38. The molecule has 2 amide bonds. The van der Waals surface area contributed by atoms with Crippen LogP contribution < -0.4 is 0 Å². The number of imide groups is 1. The highest BCUT2D eigenvalue weighted by Crippen LogP contribution is 2.37. The molecule has 0 spiro atoms. The Labute approximate surface area is 174 Å². The van der Waals surface area contributed by atoms with Crippen molar-refractivity contribution in [2.45, 2.75) is 70.6 Å². The minimum absolute atomic E-state index is 0.0639. The smallest absolute Gasteiger partial charge is 0.261 e. The molecule has 6 nitrogen and oxygen atoms in total. The van der Waals surface area contributed by atoms with Crippen LogP contribution in [0.1, 0.15) is 60.7 Å². The Morgan fingerprint density at radius 2 is 1.76 bits per heavy atom. The summed E-state index contributed by atoms with van der Waals surface area (Å²) >= 11 is 0. The highest BCUT2D eigenvalue weighted by molar-refractivity contribution is 6.74. The van der Waals surface area contributed by atoms with E-state index in [4.69, 9.17) is 13.9 Å². The third-order valence-corrected chi connectivity index (χ3v) is 10.7. The Morgan fingerprint density at radius 3 is 2.28 bits per heavy atom. The molecule has 0 bridgehead atoms. The van der Waals surface area contributed by atoms with Crippen LogP contribution in [0.2, 0.25) is 18.1 Å².